The summed E-state index contributed by atoms with van der Waals surface area (Å²) in [7, 11) is 3.64. The Morgan fingerprint density at radius 1 is 0.800 bits per heavy atom. The first-order valence-corrected chi connectivity index (χ1v) is 12.2. The summed E-state index contributed by atoms with van der Waals surface area (Å²) in [5.74, 6) is -0.953. The maximum Gasteiger partial charge on any atom is 0.337 e. The van der Waals surface area contributed by atoms with Gasteiger partial charge in [0.25, 0.3) is 0 Å². The van der Waals surface area contributed by atoms with Crippen molar-refractivity contribution in [1.29, 1.82) is 0 Å². The summed E-state index contributed by atoms with van der Waals surface area (Å²) in [5, 5.41) is 12.5. The van der Waals surface area contributed by atoms with Crippen molar-refractivity contribution in [1.82, 2.24) is 5.32 Å². The van der Waals surface area contributed by atoms with Gasteiger partial charge in [-0.2, -0.15) is 0 Å². The molecule has 0 spiro atoms. The second-order valence-corrected chi connectivity index (χ2v) is 8.68. The molecular weight excluding hydrogens is 438 g/mol. The van der Waals surface area contributed by atoms with Gasteiger partial charge in [0.15, 0.2) is 0 Å². The van der Waals surface area contributed by atoms with E-state index in [2.05, 4.69) is 12.2 Å². The smallest absolute Gasteiger partial charge is 0.337 e. The van der Waals surface area contributed by atoms with Crippen LogP contribution < -0.4 is 15.1 Å². The van der Waals surface area contributed by atoms with Gasteiger partial charge in [0, 0.05) is 32.0 Å². The van der Waals surface area contributed by atoms with Crippen LogP contribution in [0.1, 0.15) is 49.4 Å². The van der Waals surface area contributed by atoms with E-state index in [1.165, 1.54) is 19.3 Å². The Balaban J connectivity index is 1.67. The first-order chi connectivity index (χ1) is 16.9. The topological polar surface area (TPSA) is 72.9 Å². The van der Waals surface area contributed by atoms with E-state index >= 15 is 0 Å². The Bertz CT molecular complexity index is 1130. The first kappa shape index (κ1) is 25.8. The first-order valence-electron chi connectivity index (χ1n) is 12.2. The number of anilines is 3. The van der Waals surface area contributed by atoms with E-state index in [-0.39, 0.29) is 11.6 Å². The molecule has 2 amide bonds. The predicted molar refractivity (Wildman–Crippen MR) is 144 cm³/mol. The Labute approximate surface area is 208 Å². The summed E-state index contributed by atoms with van der Waals surface area (Å²) in [6.07, 6.45) is 5.81. The van der Waals surface area contributed by atoms with Crippen molar-refractivity contribution in [2.24, 2.45) is 0 Å². The van der Waals surface area contributed by atoms with Gasteiger partial charge in [-0.05, 0) is 53.9 Å². The number of rotatable bonds is 11. The van der Waals surface area contributed by atoms with Gasteiger partial charge in [-0.1, -0.05) is 69.0 Å². The highest BCUT2D eigenvalue weighted by molar-refractivity contribution is 5.95. The van der Waals surface area contributed by atoms with Crippen LogP contribution >= 0.6 is 0 Å². The van der Waals surface area contributed by atoms with Gasteiger partial charge >= 0.3 is 12.0 Å². The number of nitrogens with zero attached hydrogens (tertiary/aromatic N) is 2. The number of carbonyl (C=O) groups is 2. The Morgan fingerprint density at radius 2 is 1.51 bits per heavy atom. The maximum atomic E-state index is 12.6. The monoisotopic (exact) mass is 473 g/mol. The lowest BCUT2D eigenvalue weighted by Crippen LogP contribution is -2.37. The minimum Gasteiger partial charge on any atom is -0.478 e. The summed E-state index contributed by atoms with van der Waals surface area (Å²) in [6, 6.07) is 22.7. The van der Waals surface area contributed by atoms with Crippen molar-refractivity contribution >= 4 is 29.1 Å². The number of carboxylic acid groups (broad SMARTS) is 1. The molecule has 0 fully saturated rings. The number of amides is 2. The third-order valence-corrected chi connectivity index (χ3v) is 6.18. The number of para-hydroxylation sites is 1. The zero-order chi connectivity index (χ0) is 25.2. The van der Waals surface area contributed by atoms with Crippen LogP contribution in [0.3, 0.4) is 0 Å². The second kappa shape index (κ2) is 12.6. The number of nitrogens with one attached hydrogen (secondary N) is 1. The maximum absolute atomic E-state index is 12.6. The van der Waals surface area contributed by atoms with Crippen molar-refractivity contribution < 1.29 is 14.7 Å². The van der Waals surface area contributed by atoms with E-state index in [1.54, 1.807) is 30.1 Å². The number of carboxylic acids is 1. The molecule has 0 atom stereocenters. The normalized spacial score (nSPS) is 10.6. The molecule has 3 aromatic carbocycles. The molecule has 184 valence electrons. The molecule has 2 N–H and O–H groups in total. The average Bonchev–Trinajstić information content (AvgIpc) is 2.89. The van der Waals surface area contributed by atoms with Gasteiger partial charge in [0.2, 0.25) is 0 Å². The van der Waals surface area contributed by atoms with Crippen LogP contribution in [-0.2, 0) is 0 Å². The van der Waals surface area contributed by atoms with Gasteiger partial charge in [-0.25, -0.2) is 9.59 Å². The lowest BCUT2D eigenvalue weighted by molar-refractivity contribution is 0.0697. The summed E-state index contributed by atoms with van der Waals surface area (Å²) in [5.41, 5.74) is 4.61. The Hall–Kier alpha value is -3.80. The highest BCUT2D eigenvalue weighted by Gasteiger charge is 2.15. The average molecular weight is 474 g/mol. The van der Waals surface area contributed by atoms with E-state index < -0.39 is 5.97 Å². The molecule has 0 aliphatic heterocycles. The van der Waals surface area contributed by atoms with Gasteiger partial charge in [-0.3, -0.25) is 4.90 Å². The number of hydrogen-bond donors (Lipinski definition) is 2. The van der Waals surface area contributed by atoms with Crippen molar-refractivity contribution in [2.75, 3.05) is 30.4 Å². The highest BCUT2D eigenvalue weighted by atomic mass is 16.4. The molecule has 0 unspecified atom stereocenters. The number of urea groups is 1. The number of benzene rings is 3. The second-order valence-electron chi connectivity index (χ2n) is 8.68. The van der Waals surface area contributed by atoms with Gasteiger partial charge < -0.3 is 15.3 Å². The zero-order valence-electron chi connectivity index (χ0n) is 20.8. The third-order valence-electron chi connectivity index (χ3n) is 6.18. The fourth-order valence-corrected chi connectivity index (χ4v) is 4.02. The molecule has 0 saturated heterocycles. The number of carbonyl (C=O) groups excluding carboxylic acids is 1. The molecule has 0 heterocycles. The molecule has 35 heavy (non-hydrogen) atoms. The van der Waals surface area contributed by atoms with Crippen LogP contribution in [0.5, 0.6) is 0 Å². The van der Waals surface area contributed by atoms with E-state index in [1.807, 2.05) is 66.5 Å². The van der Waals surface area contributed by atoms with Crippen LogP contribution in [-0.4, -0.2) is 37.7 Å². The zero-order valence-corrected chi connectivity index (χ0v) is 20.8. The third kappa shape index (κ3) is 6.85. The number of hydrogen-bond acceptors (Lipinski definition) is 3. The summed E-state index contributed by atoms with van der Waals surface area (Å²) >= 11 is 0. The molecule has 6 heteroatoms. The molecule has 0 radical (unpaired) electrons. The lowest BCUT2D eigenvalue weighted by atomic mass is 10.0. The molecule has 3 aromatic rings. The number of unbranched alkanes of at least 4 members (excludes halogenated alkanes) is 4. The largest absolute Gasteiger partial charge is 0.478 e. The quantitative estimate of drug-likeness (QED) is 0.296. The molecular formula is C29H35N3O3. The predicted octanol–water partition coefficient (Wildman–Crippen LogP) is 6.94. The van der Waals surface area contributed by atoms with Crippen molar-refractivity contribution in [3.05, 3.63) is 78.4 Å². The lowest BCUT2D eigenvalue weighted by Gasteiger charge is -2.22. The van der Waals surface area contributed by atoms with Crippen LogP contribution in [0.15, 0.2) is 72.8 Å². The summed E-state index contributed by atoms with van der Waals surface area (Å²) in [6.45, 7) is 2.88. The van der Waals surface area contributed by atoms with Gasteiger partial charge in [0.05, 0.1) is 11.3 Å². The Morgan fingerprint density at radius 3 is 2.23 bits per heavy atom. The van der Waals surface area contributed by atoms with Gasteiger partial charge in [-0.15, -0.1) is 0 Å². The fourth-order valence-electron chi connectivity index (χ4n) is 4.02. The van der Waals surface area contributed by atoms with E-state index in [0.29, 0.717) is 12.2 Å². The summed E-state index contributed by atoms with van der Waals surface area (Å²) < 4.78 is 0. The molecule has 0 bridgehead atoms. The Kier molecular flexibility index (Phi) is 9.30. The van der Waals surface area contributed by atoms with E-state index in [9.17, 15) is 14.7 Å². The standard InChI is InChI=1S/C29H35N3O3/c1-4-5-6-7-10-20-30-29(35)32(3)25-13-11-12-23(21-25)22-16-18-24(19-17-22)31(2)27-15-9-8-14-26(27)28(33)34/h8-9,11-19,21H,4-7,10,20H2,1-3H3,(H,30,35)(H,33,34). The highest BCUT2D eigenvalue weighted by Crippen LogP contribution is 2.30. The van der Waals surface area contributed by atoms with Crippen molar-refractivity contribution in [3.63, 3.8) is 0 Å². The summed E-state index contributed by atoms with van der Waals surface area (Å²) in [4.78, 5) is 27.7. The molecule has 3 rings (SSSR count). The molecule has 0 aliphatic rings. The van der Waals surface area contributed by atoms with Crippen LogP contribution in [0.2, 0.25) is 0 Å². The minimum absolute atomic E-state index is 0.105. The fraction of sp³-hybridized carbons (Fsp3) is 0.310. The van der Waals surface area contributed by atoms with E-state index in [4.69, 9.17) is 0 Å². The molecule has 6 nitrogen and oxygen atoms in total. The van der Waals surface area contributed by atoms with Crippen molar-refractivity contribution in [2.45, 2.75) is 39.0 Å². The van der Waals surface area contributed by atoms with Gasteiger partial charge in [0.1, 0.15) is 0 Å². The molecule has 0 saturated carbocycles. The van der Waals surface area contributed by atoms with Crippen LogP contribution in [0.4, 0.5) is 21.9 Å². The number of aromatic carboxylic acids is 1. The van der Waals surface area contributed by atoms with Crippen LogP contribution in [0.25, 0.3) is 11.1 Å². The van der Waals surface area contributed by atoms with Crippen LogP contribution in [0, 0.1) is 0 Å². The van der Waals surface area contributed by atoms with E-state index in [0.717, 1.165) is 35.3 Å². The molecule has 0 aliphatic carbocycles. The SMILES string of the molecule is CCCCCCCNC(=O)N(C)c1cccc(-c2ccc(N(C)c3ccccc3C(=O)O)cc2)c1. The van der Waals surface area contributed by atoms with Crippen molar-refractivity contribution in [3.8, 4) is 11.1 Å². The minimum atomic E-state index is -0.953. The molecule has 0 aromatic heterocycles.